The Hall–Kier alpha value is -1.43. The number of ketones is 1. The van der Waals surface area contributed by atoms with Crippen LogP contribution in [0.5, 0.6) is 0 Å². The van der Waals surface area contributed by atoms with Crippen molar-refractivity contribution in [2.45, 2.75) is 63.9 Å². The molecule has 5 nitrogen and oxygen atoms in total. The molecule has 1 spiro atoms. The molecule has 5 heteroatoms. The summed E-state index contributed by atoms with van der Waals surface area (Å²) in [5.74, 6) is 0.457. The summed E-state index contributed by atoms with van der Waals surface area (Å²) in [5.41, 5.74) is -0.422. The van der Waals surface area contributed by atoms with Crippen LogP contribution in [-0.2, 0) is 9.53 Å². The van der Waals surface area contributed by atoms with E-state index in [0.717, 1.165) is 25.0 Å². The molecular weight excluding hydrogens is 342 g/mol. The summed E-state index contributed by atoms with van der Waals surface area (Å²) in [6.07, 6.45) is 6.94. The normalized spacial score (nSPS) is 45.3. The molecule has 0 aromatic carbocycles. The van der Waals surface area contributed by atoms with Crippen LogP contribution in [0, 0.1) is 16.7 Å². The number of likely N-dealkylation sites (tertiary alicyclic amines) is 1. The lowest BCUT2D eigenvalue weighted by atomic mass is 9.50. The lowest BCUT2D eigenvalue weighted by molar-refractivity contribution is -0.148. The molecule has 0 amide bonds. The Morgan fingerprint density at radius 3 is 2.78 bits per heavy atom. The van der Waals surface area contributed by atoms with Gasteiger partial charge in [-0.2, -0.15) is 0 Å². The summed E-state index contributed by atoms with van der Waals surface area (Å²) >= 11 is 0. The second-order valence-electron chi connectivity index (χ2n) is 10.1. The molecule has 1 unspecified atom stereocenters. The van der Waals surface area contributed by atoms with Crippen molar-refractivity contribution in [1.29, 1.82) is 0 Å². The van der Waals surface area contributed by atoms with Crippen LogP contribution in [0.25, 0.3) is 0 Å². The van der Waals surface area contributed by atoms with Crippen LogP contribution in [0.1, 0.15) is 40.0 Å². The Kier molecular flexibility index (Phi) is 3.36. The molecule has 2 fully saturated rings. The fraction of sp³-hybridized carbons (Fsp3) is 0.682. The number of aliphatic hydroxyl groups is 2. The van der Waals surface area contributed by atoms with Gasteiger partial charge in [0, 0.05) is 34.8 Å². The molecule has 1 saturated carbocycles. The molecule has 0 radical (unpaired) electrons. The smallest absolute Gasteiger partial charge is 0.184 e. The molecule has 3 aliphatic carbocycles. The molecule has 2 heterocycles. The Morgan fingerprint density at radius 1 is 1.33 bits per heavy atom. The van der Waals surface area contributed by atoms with Crippen molar-refractivity contribution in [1.82, 2.24) is 4.90 Å². The largest absolute Gasteiger partial charge is 0.487 e. The summed E-state index contributed by atoms with van der Waals surface area (Å²) in [4.78, 5) is 15.6. The van der Waals surface area contributed by atoms with Crippen LogP contribution in [-0.4, -0.2) is 58.3 Å². The zero-order chi connectivity index (χ0) is 19.4. The highest BCUT2D eigenvalue weighted by Gasteiger charge is 2.68. The number of carbonyl (C=O) groups excluding carboxylic acids is 1. The number of Topliss-reactive ketones (excluding diaryl/α,β-unsaturated/α-hetero) is 1. The molecule has 5 rings (SSSR count). The van der Waals surface area contributed by atoms with E-state index in [1.807, 2.05) is 26.8 Å². The molecule has 2 N–H and O–H groups in total. The van der Waals surface area contributed by atoms with Gasteiger partial charge >= 0.3 is 0 Å². The van der Waals surface area contributed by atoms with E-state index in [9.17, 15) is 15.0 Å². The molecule has 146 valence electrons. The number of rotatable bonds is 1. The van der Waals surface area contributed by atoms with Crippen LogP contribution < -0.4 is 0 Å². The molecule has 0 aromatic heterocycles. The topological polar surface area (TPSA) is 70.0 Å². The lowest BCUT2D eigenvalue weighted by Gasteiger charge is -2.58. The average Bonchev–Trinajstić information content (AvgIpc) is 2.96. The predicted molar refractivity (Wildman–Crippen MR) is 101 cm³/mol. The molecule has 5 aliphatic rings. The van der Waals surface area contributed by atoms with Crippen molar-refractivity contribution < 1.29 is 19.7 Å². The first-order chi connectivity index (χ1) is 12.6. The fourth-order valence-corrected chi connectivity index (χ4v) is 6.31. The van der Waals surface area contributed by atoms with Gasteiger partial charge in [-0.3, -0.25) is 4.79 Å². The second kappa shape index (κ2) is 5.13. The Labute approximate surface area is 160 Å². The number of hydrogen-bond donors (Lipinski definition) is 2. The van der Waals surface area contributed by atoms with E-state index in [2.05, 4.69) is 24.1 Å². The van der Waals surface area contributed by atoms with E-state index in [4.69, 9.17) is 4.74 Å². The predicted octanol–water partition coefficient (Wildman–Crippen LogP) is 1.96. The quantitative estimate of drug-likeness (QED) is 0.690. The monoisotopic (exact) mass is 371 g/mol. The zero-order valence-electron chi connectivity index (χ0n) is 16.5. The summed E-state index contributed by atoms with van der Waals surface area (Å²) in [7, 11) is 2.17. The van der Waals surface area contributed by atoms with E-state index in [1.165, 1.54) is 5.57 Å². The molecule has 0 aromatic rings. The highest BCUT2D eigenvalue weighted by atomic mass is 16.5. The van der Waals surface area contributed by atoms with Crippen LogP contribution in [0.15, 0.2) is 35.1 Å². The van der Waals surface area contributed by atoms with E-state index in [1.54, 1.807) is 0 Å². The van der Waals surface area contributed by atoms with Crippen molar-refractivity contribution >= 4 is 5.78 Å². The minimum Gasteiger partial charge on any atom is -0.487 e. The highest BCUT2D eigenvalue weighted by Crippen LogP contribution is 2.66. The van der Waals surface area contributed by atoms with Gasteiger partial charge in [-0.1, -0.05) is 39.0 Å². The van der Waals surface area contributed by atoms with Crippen molar-refractivity contribution in [3.63, 3.8) is 0 Å². The summed E-state index contributed by atoms with van der Waals surface area (Å²) < 4.78 is 6.35. The number of aliphatic hydroxyl groups excluding tert-OH is 1. The maximum atomic E-state index is 13.2. The number of hydrogen-bond acceptors (Lipinski definition) is 5. The van der Waals surface area contributed by atoms with Gasteiger partial charge in [0.15, 0.2) is 11.4 Å². The number of carbonyl (C=O) groups is 1. The van der Waals surface area contributed by atoms with E-state index < -0.39 is 23.2 Å². The lowest BCUT2D eigenvalue weighted by Crippen LogP contribution is -2.62. The van der Waals surface area contributed by atoms with E-state index in [0.29, 0.717) is 11.8 Å². The minimum atomic E-state index is -1.64. The second-order valence-corrected chi connectivity index (χ2v) is 10.1. The van der Waals surface area contributed by atoms with Gasteiger partial charge in [-0.05, 0) is 32.0 Å². The first kappa shape index (κ1) is 17.7. The van der Waals surface area contributed by atoms with Gasteiger partial charge in [0.2, 0.25) is 0 Å². The first-order valence-electron chi connectivity index (χ1n) is 10.1. The van der Waals surface area contributed by atoms with Crippen molar-refractivity contribution in [2.75, 3.05) is 13.6 Å². The Bertz CT molecular complexity index is 819. The van der Waals surface area contributed by atoms with E-state index in [-0.39, 0.29) is 23.5 Å². The van der Waals surface area contributed by atoms with Crippen LogP contribution >= 0.6 is 0 Å². The highest BCUT2D eigenvalue weighted by molar-refractivity contribution is 5.95. The van der Waals surface area contributed by atoms with Gasteiger partial charge in [0.1, 0.15) is 18.0 Å². The van der Waals surface area contributed by atoms with Gasteiger partial charge in [0.25, 0.3) is 0 Å². The maximum absolute atomic E-state index is 13.2. The molecule has 2 bridgehead atoms. The van der Waals surface area contributed by atoms with Crippen molar-refractivity contribution in [2.24, 2.45) is 16.7 Å². The standard InChI is InChI=1S/C22H29NO4/c1-20(2,3)19(25)22(26)8-7-12-11-14-13-5-6-15(24)17-21(13,9-10-23(14)4)16(12)18(22)27-17/h5-7,13-15,17,24,26H,8-11H2,1-4H3/t13-,14+,15-,17-,21-,22?/m0/s1. The maximum Gasteiger partial charge on any atom is 0.184 e. The van der Waals surface area contributed by atoms with E-state index >= 15 is 0 Å². The summed E-state index contributed by atoms with van der Waals surface area (Å²) in [5, 5.41) is 22.3. The Balaban J connectivity index is 1.72. The van der Waals surface area contributed by atoms with Crippen molar-refractivity contribution in [3.05, 3.63) is 35.1 Å². The zero-order valence-corrected chi connectivity index (χ0v) is 16.5. The molecule has 2 aliphatic heterocycles. The first-order valence-corrected chi connectivity index (χ1v) is 10.1. The average molecular weight is 371 g/mol. The minimum absolute atomic E-state index is 0.211. The van der Waals surface area contributed by atoms with Crippen LogP contribution in [0.3, 0.4) is 0 Å². The molecule has 6 atom stereocenters. The number of ether oxygens (including phenoxy) is 1. The van der Waals surface area contributed by atoms with Gasteiger partial charge in [-0.15, -0.1) is 0 Å². The Morgan fingerprint density at radius 2 is 2.07 bits per heavy atom. The van der Waals surface area contributed by atoms with Gasteiger partial charge in [0.05, 0.1) is 0 Å². The third-order valence-corrected chi connectivity index (χ3v) is 7.55. The molecule has 27 heavy (non-hydrogen) atoms. The van der Waals surface area contributed by atoms with Crippen molar-refractivity contribution in [3.8, 4) is 0 Å². The summed E-state index contributed by atoms with van der Waals surface area (Å²) in [6, 6.07) is 0.368. The number of nitrogens with zero attached hydrogens (tertiary/aromatic N) is 1. The van der Waals surface area contributed by atoms with Gasteiger partial charge < -0.3 is 19.8 Å². The number of piperidine rings is 1. The third-order valence-electron chi connectivity index (χ3n) is 7.55. The van der Waals surface area contributed by atoms with Gasteiger partial charge in [-0.25, -0.2) is 0 Å². The fourth-order valence-electron chi connectivity index (χ4n) is 6.31. The molecular formula is C22H29NO4. The summed E-state index contributed by atoms with van der Waals surface area (Å²) in [6.45, 7) is 6.44. The van der Waals surface area contributed by atoms with Crippen LogP contribution in [0.4, 0.5) is 0 Å². The third kappa shape index (κ3) is 1.98. The SMILES string of the molecule is CN1CC[C@]23C4=C5O[C@H]2[C@@H](O)C=C[C@H]3[C@H]1CC4=CCC5(O)C(=O)C(C)(C)C. The molecule has 1 saturated heterocycles. The van der Waals surface area contributed by atoms with Crippen LogP contribution in [0.2, 0.25) is 0 Å².